The van der Waals surface area contributed by atoms with Crippen LogP contribution in [0.15, 0.2) is 53.4 Å². The molecule has 1 aliphatic heterocycles. The zero-order valence-corrected chi connectivity index (χ0v) is 21.4. The minimum atomic E-state index is -3.51. The highest BCUT2D eigenvalue weighted by atomic mass is 32.2. The standard InChI is InChI=1S/C29H36N2O3S/c1-20-2-8-27(9-3-20)35(33,34)31-12-10-24(11-13-31)28(32)30-26-6-4-25(5-7-26)29-17-21-14-22(18-29)16-23(15-21)19-29/h2-9,21-24H,10-19H2,1H3,(H,30,32). The smallest absolute Gasteiger partial charge is 0.243 e. The third kappa shape index (κ3) is 4.33. The second-order valence-corrected chi connectivity index (χ2v) is 13.7. The van der Waals surface area contributed by atoms with Crippen LogP contribution in [0.3, 0.4) is 0 Å². The van der Waals surface area contributed by atoms with Gasteiger partial charge in [-0.3, -0.25) is 4.79 Å². The first-order valence-electron chi connectivity index (χ1n) is 13.3. The Kier molecular flexibility index (Phi) is 5.80. The van der Waals surface area contributed by atoms with Crippen LogP contribution in [-0.2, 0) is 20.2 Å². The molecule has 1 N–H and O–H groups in total. The van der Waals surface area contributed by atoms with Gasteiger partial charge in [0.05, 0.1) is 4.90 Å². The fourth-order valence-electron chi connectivity index (χ4n) is 7.83. The van der Waals surface area contributed by atoms with E-state index in [-0.39, 0.29) is 11.8 Å². The zero-order valence-electron chi connectivity index (χ0n) is 20.6. The Bertz CT molecular complexity index is 1160. The van der Waals surface area contributed by atoms with E-state index in [0.29, 0.717) is 36.2 Å². The van der Waals surface area contributed by atoms with E-state index in [1.807, 2.05) is 19.1 Å². The van der Waals surface area contributed by atoms with Crippen LogP contribution in [-0.4, -0.2) is 31.7 Å². The number of carbonyl (C=O) groups excluding carboxylic acids is 1. The van der Waals surface area contributed by atoms with Crippen LogP contribution in [0.1, 0.15) is 62.5 Å². The topological polar surface area (TPSA) is 66.5 Å². The minimum absolute atomic E-state index is 0.0000571. The molecule has 2 aromatic carbocycles. The number of anilines is 1. The number of rotatable bonds is 5. The highest BCUT2D eigenvalue weighted by Crippen LogP contribution is 2.60. The number of carbonyl (C=O) groups is 1. The number of amides is 1. The Hall–Kier alpha value is -2.18. The van der Waals surface area contributed by atoms with Gasteiger partial charge in [0.25, 0.3) is 0 Å². The van der Waals surface area contributed by atoms with Gasteiger partial charge in [0.1, 0.15) is 0 Å². The molecule has 5 nitrogen and oxygen atoms in total. The van der Waals surface area contributed by atoms with Crippen molar-refractivity contribution < 1.29 is 13.2 Å². The van der Waals surface area contributed by atoms with Gasteiger partial charge in [-0.25, -0.2) is 8.42 Å². The summed E-state index contributed by atoms with van der Waals surface area (Å²) in [6.07, 6.45) is 9.44. The monoisotopic (exact) mass is 492 g/mol. The second-order valence-electron chi connectivity index (χ2n) is 11.8. The minimum Gasteiger partial charge on any atom is -0.326 e. The summed E-state index contributed by atoms with van der Waals surface area (Å²) in [4.78, 5) is 13.3. The number of aryl methyl sites for hydroxylation is 1. The van der Waals surface area contributed by atoms with Gasteiger partial charge in [0.2, 0.25) is 15.9 Å². The lowest BCUT2D eigenvalue weighted by Crippen LogP contribution is -2.48. The molecule has 6 heteroatoms. The van der Waals surface area contributed by atoms with Crippen LogP contribution >= 0.6 is 0 Å². The van der Waals surface area contributed by atoms with Crippen molar-refractivity contribution in [2.24, 2.45) is 23.7 Å². The third-order valence-corrected chi connectivity index (χ3v) is 11.2. The van der Waals surface area contributed by atoms with Crippen LogP contribution < -0.4 is 5.32 Å². The average Bonchev–Trinajstić information content (AvgIpc) is 2.84. The summed E-state index contributed by atoms with van der Waals surface area (Å²) in [6.45, 7) is 2.69. The quantitative estimate of drug-likeness (QED) is 0.599. The third-order valence-electron chi connectivity index (χ3n) is 9.29. The Balaban J connectivity index is 1.06. The second kappa shape index (κ2) is 8.74. The van der Waals surface area contributed by atoms with Gasteiger partial charge < -0.3 is 5.32 Å². The van der Waals surface area contributed by atoms with E-state index in [2.05, 4.69) is 29.6 Å². The lowest BCUT2D eigenvalue weighted by molar-refractivity contribution is -0.120. The highest BCUT2D eigenvalue weighted by Gasteiger charge is 2.51. The van der Waals surface area contributed by atoms with Crippen molar-refractivity contribution in [3.63, 3.8) is 0 Å². The predicted octanol–water partition coefficient (Wildman–Crippen LogP) is 5.50. The molecule has 35 heavy (non-hydrogen) atoms. The van der Waals surface area contributed by atoms with Gasteiger partial charge in [-0.05, 0) is 111 Å². The molecule has 4 aliphatic carbocycles. The number of hydrogen-bond donors (Lipinski definition) is 1. The fraction of sp³-hybridized carbons (Fsp3) is 0.552. The number of nitrogens with zero attached hydrogens (tertiary/aromatic N) is 1. The fourth-order valence-corrected chi connectivity index (χ4v) is 9.30. The molecule has 4 bridgehead atoms. The molecule has 4 saturated carbocycles. The number of hydrogen-bond acceptors (Lipinski definition) is 3. The summed E-state index contributed by atoms with van der Waals surface area (Å²) in [5.41, 5.74) is 3.71. The summed E-state index contributed by atoms with van der Waals surface area (Å²) in [5, 5.41) is 3.10. The first-order valence-corrected chi connectivity index (χ1v) is 14.7. The van der Waals surface area contributed by atoms with Crippen molar-refractivity contribution in [3.8, 4) is 0 Å². The van der Waals surface area contributed by atoms with Gasteiger partial charge in [0, 0.05) is 24.7 Å². The van der Waals surface area contributed by atoms with Crippen LogP contribution in [0.5, 0.6) is 0 Å². The van der Waals surface area contributed by atoms with E-state index in [0.717, 1.165) is 29.0 Å². The molecule has 186 valence electrons. The maximum Gasteiger partial charge on any atom is 0.243 e. The summed E-state index contributed by atoms with van der Waals surface area (Å²) < 4.78 is 27.4. The molecule has 1 heterocycles. The number of benzene rings is 2. The van der Waals surface area contributed by atoms with Crippen LogP contribution in [0.25, 0.3) is 0 Å². The van der Waals surface area contributed by atoms with E-state index in [1.54, 1.807) is 12.1 Å². The molecule has 1 saturated heterocycles. The normalized spacial score (nSPS) is 30.9. The van der Waals surface area contributed by atoms with Gasteiger partial charge in [-0.15, -0.1) is 0 Å². The van der Waals surface area contributed by atoms with E-state index in [4.69, 9.17) is 0 Å². The van der Waals surface area contributed by atoms with Crippen molar-refractivity contribution in [2.75, 3.05) is 18.4 Å². The van der Waals surface area contributed by atoms with Crippen molar-refractivity contribution in [3.05, 3.63) is 59.7 Å². The van der Waals surface area contributed by atoms with Gasteiger partial charge >= 0.3 is 0 Å². The Morgan fingerprint density at radius 1 is 0.857 bits per heavy atom. The lowest BCUT2D eigenvalue weighted by Gasteiger charge is -2.57. The summed E-state index contributed by atoms with van der Waals surface area (Å²) in [7, 11) is -3.51. The molecule has 5 aliphatic rings. The van der Waals surface area contributed by atoms with Crippen molar-refractivity contribution in [1.29, 1.82) is 0 Å². The highest BCUT2D eigenvalue weighted by molar-refractivity contribution is 7.89. The lowest BCUT2D eigenvalue weighted by atomic mass is 9.48. The average molecular weight is 493 g/mol. The van der Waals surface area contributed by atoms with E-state index in [9.17, 15) is 13.2 Å². The SMILES string of the molecule is Cc1ccc(S(=O)(=O)N2CCC(C(=O)Nc3ccc(C45CC6CC(CC(C6)C4)C5)cc3)CC2)cc1. The predicted molar refractivity (Wildman–Crippen MR) is 138 cm³/mol. The van der Waals surface area contributed by atoms with Crippen molar-refractivity contribution in [2.45, 2.75) is 68.6 Å². The Morgan fingerprint density at radius 2 is 1.40 bits per heavy atom. The summed E-state index contributed by atoms with van der Waals surface area (Å²) >= 11 is 0. The molecule has 5 fully saturated rings. The number of nitrogens with one attached hydrogen (secondary N) is 1. The Morgan fingerprint density at radius 3 is 1.94 bits per heavy atom. The Labute approximate surface area is 209 Å². The van der Waals surface area contributed by atoms with Gasteiger partial charge in [0.15, 0.2) is 0 Å². The molecule has 0 aromatic heterocycles. The molecule has 0 atom stereocenters. The molecule has 1 amide bonds. The molecule has 0 radical (unpaired) electrons. The molecule has 2 aromatic rings. The number of piperidine rings is 1. The van der Waals surface area contributed by atoms with Gasteiger partial charge in [-0.2, -0.15) is 4.31 Å². The first kappa shape index (κ1) is 23.2. The zero-order chi connectivity index (χ0) is 24.2. The molecule has 7 rings (SSSR count). The van der Waals surface area contributed by atoms with Crippen LogP contribution in [0.2, 0.25) is 0 Å². The van der Waals surface area contributed by atoms with E-state index < -0.39 is 10.0 Å². The van der Waals surface area contributed by atoms with E-state index in [1.165, 1.54) is 48.4 Å². The first-order chi connectivity index (χ1) is 16.8. The summed E-state index contributed by atoms with van der Waals surface area (Å²) in [5.74, 6) is 2.59. The molecular weight excluding hydrogens is 456 g/mol. The summed E-state index contributed by atoms with van der Waals surface area (Å²) in [6, 6.07) is 15.6. The van der Waals surface area contributed by atoms with E-state index >= 15 is 0 Å². The largest absolute Gasteiger partial charge is 0.326 e. The molecular formula is C29H36N2O3S. The van der Waals surface area contributed by atoms with Gasteiger partial charge in [-0.1, -0.05) is 29.8 Å². The van der Waals surface area contributed by atoms with Crippen molar-refractivity contribution >= 4 is 21.6 Å². The van der Waals surface area contributed by atoms with Crippen molar-refractivity contribution in [1.82, 2.24) is 4.31 Å². The number of sulfonamides is 1. The molecule has 0 unspecified atom stereocenters. The molecule has 0 spiro atoms. The maximum absolute atomic E-state index is 13.0. The maximum atomic E-state index is 13.0. The van der Waals surface area contributed by atoms with Crippen LogP contribution in [0, 0.1) is 30.6 Å². The van der Waals surface area contributed by atoms with Crippen LogP contribution in [0.4, 0.5) is 5.69 Å².